The van der Waals surface area contributed by atoms with Gasteiger partial charge in [-0.05, 0) is 66.5 Å². The van der Waals surface area contributed by atoms with E-state index in [9.17, 15) is 5.11 Å². The van der Waals surface area contributed by atoms with Crippen LogP contribution in [-0.2, 0) is 12.8 Å². The maximum absolute atomic E-state index is 9.82. The number of fused-ring (bicyclic) bond motifs is 4. The van der Waals surface area contributed by atoms with Gasteiger partial charge in [-0.1, -0.05) is 43.3 Å². The number of rotatable bonds is 3. The highest BCUT2D eigenvalue weighted by molar-refractivity contribution is 5.41. The standard InChI is InChI=1S/C21H25NO/c1-15-19-10-12-22(11-9-16-5-3-2-4-6-16)21(15)13-17-7-8-18(23)14-20(17)19/h2-8,14-15,19,21,23H,9-13H2,1H3/t15-,19?,21?/m1/s1. The molecule has 2 aromatic rings. The molecular formula is C21H25NO. The van der Waals surface area contributed by atoms with Crippen molar-refractivity contribution in [3.8, 4) is 5.75 Å². The molecular weight excluding hydrogens is 282 g/mol. The molecule has 0 spiro atoms. The van der Waals surface area contributed by atoms with E-state index in [1.807, 2.05) is 12.1 Å². The molecule has 3 atom stereocenters. The highest BCUT2D eigenvalue weighted by atomic mass is 16.3. The molecule has 2 bridgehead atoms. The van der Waals surface area contributed by atoms with Crippen LogP contribution in [0.15, 0.2) is 48.5 Å². The Hall–Kier alpha value is -1.80. The van der Waals surface area contributed by atoms with E-state index in [0.29, 0.717) is 23.6 Å². The van der Waals surface area contributed by atoms with Gasteiger partial charge in [0.1, 0.15) is 5.75 Å². The summed E-state index contributed by atoms with van der Waals surface area (Å²) >= 11 is 0. The minimum Gasteiger partial charge on any atom is -0.508 e. The van der Waals surface area contributed by atoms with E-state index in [1.165, 1.54) is 29.7 Å². The van der Waals surface area contributed by atoms with Gasteiger partial charge in [-0.25, -0.2) is 0 Å². The first-order valence-electron chi connectivity index (χ1n) is 8.82. The summed E-state index contributed by atoms with van der Waals surface area (Å²) in [7, 11) is 0. The number of benzene rings is 2. The largest absolute Gasteiger partial charge is 0.508 e. The van der Waals surface area contributed by atoms with Crippen LogP contribution in [0.5, 0.6) is 5.75 Å². The Labute approximate surface area is 138 Å². The summed E-state index contributed by atoms with van der Waals surface area (Å²) in [6, 6.07) is 17.5. The molecule has 4 rings (SSSR count). The molecule has 1 fully saturated rings. The van der Waals surface area contributed by atoms with Crippen molar-refractivity contribution in [2.24, 2.45) is 5.92 Å². The van der Waals surface area contributed by atoms with Gasteiger partial charge in [0.15, 0.2) is 0 Å². The molecule has 2 aromatic carbocycles. The summed E-state index contributed by atoms with van der Waals surface area (Å²) in [5, 5.41) is 9.82. The van der Waals surface area contributed by atoms with Gasteiger partial charge in [-0.3, -0.25) is 4.90 Å². The lowest BCUT2D eigenvalue weighted by atomic mass is 9.68. The van der Waals surface area contributed by atoms with Gasteiger partial charge in [0, 0.05) is 12.6 Å². The Morgan fingerprint density at radius 1 is 1.13 bits per heavy atom. The van der Waals surface area contributed by atoms with Crippen LogP contribution in [0.4, 0.5) is 0 Å². The molecule has 23 heavy (non-hydrogen) atoms. The quantitative estimate of drug-likeness (QED) is 0.927. The summed E-state index contributed by atoms with van der Waals surface area (Å²) in [6.45, 7) is 4.73. The zero-order valence-electron chi connectivity index (χ0n) is 13.8. The van der Waals surface area contributed by atoms with Crippen LogP contribution in [-0.4, -0.2) is 29.1 Å². The van der Waals surface area contributed by atoms with Crippen molar-refractivity contribution in [3.63, 3.8) is 0 Å². The maximum atomic E-state index is 9.82. The van der Waals surface area contributed by atoms with Crippen molar-refractivity contribution in [2.45, 2.75) is 38.1 Å². The smallest absolute Gasteiger partial charge is 0.115 e. The maximum Gasteiger partial charge on any atom is 0.115 e. The molecule has 2 nitrogen and oxygen atoms in total. The van der Waals surface area contributed by atoms with Gasteiger partial charge in [-0.15, -0.1) is 0 Å². The van der Waals surface area contributed by atoms with Crippen molar-refractivity contribution in [1.29, 1.82) is 0 Å². The fraction of sp³-hybridized carbons (Fsp3) is 0.429. The highest BCUT2D eigenvalue weighted by Crippen LogP contribution is 2.44. The van der Waals surface area contributed by atoms with Crippen molar-refractivity contribution >= 4 is 0 Å². The van der Waals surface area contributed by atoms with E-state index in [2.05, 4.69) is 48.2 Å². The Kier molecular flexibility index (Phi) is 3.86. The Balaban J connectivity index is 1.52. The van der Waals surface area contributed by atoms with Gasteiger partial charge < -0.3 is 5.11 Å². The summed E-state index contributed by atoms with van der Waals surface area (Å²) in [5.41, 5.74) is 4.28. The molecule has 2 unspecified atom stereocenters. The van der Waals surface area contributed by atoms with Gasteiger partial charge in [-0.2, -0.15) is 0 Å². The van der Waals surface area contributed by atoms with E-state index < -0.39 is 0 Å². The number of likely N-dealkylation sites (tertiary alicyclic amines) is 1. The normalized spacial score (nSPS) is 26.7. The molecule has 0 radical (unpaired) electrons. The van der Waals surface area contributed by atoms with Gasteiger partial charge in [0.2, 0.25) is 0 Å². The third-order valence-electron chi connectivity index (χ3n) is 5.93. The fourth-order valence-electron chi connectivity index (χ4n) is 4.62. The molecule has 1 saturated heterocycles. The SMILES string of the molecule is C[C@@H]1C2CCN(CCc3ccccc3)C1Cc1ccc(O)cc12. The fourth-order valence-corrected chi connectivity index (χ4v) is 4.62. The zero-order chi connectivity index (χ0) is 15.8. The first-order valence-corrected chi connectivity index (χ1v) is 8.82. The summed E-state index contributed by atoms with van der Waals surface area (Å²) in [5.74, 6) is 1.71. The second-order valence-corrected chi connectivity index (χ2v) is 7.18. The number of hydrogen-bond donors (Lipinski definition) is 1. The summed E-state index contributed by atoms with van der Waals surface area (Å²) < 4.78 is 0. The molecule has 1 N–H and O–H groups in total. The first kappa shape index (κ1) is 14.8. The molecule has 1 aliphatic carbocycles. The van der Waals surface area contributed by atoms with Crippen LogP contribution in [0.2, 0.25) is 0 Å². The number of nitrogens with zero attached hydrogens (tertiary/aromatic N) is 1. The minimum absolute atomic E-state index is 0.418. The molecule has 2 heteroatoms. The number of aromatic hydroxyl groups is 1. The van der Waals surface area contributed by atoms with Gasteiger partial charge in [0.25, 0.3) is 0 Å². The number of phenolic OH excluding ortho intramolecular Hbond substituents is 1. The van der Waals surface area contributed by atoms with Crippen LogP contribution in [0.3, 0.4) is 0 Å². The van der Waals surface area contributed by atoms with Crippen LogP contribution in [0, 0.1) is 5.92 Å². The van der Waals surface area contributed by atoms with Gasteiger partial charge >= 0.3 is 0 Å². The topological polar surface area (TPSA) is 23.5 Å². The average Bonchev–Trinajstić information content (AvgIpc) is 2.56. The summed E-state index contributed by atoms with van der Waals surface area (Å²) in [4.78, 5) is 2.70. The molecule has 120 valence electrons. The molecule has 0 saturated carbocycles. The van der Waals surface area contributed by atoms with Crippen molar-refractivity contribution in [3.05, 3.63) is 65.2 Å². The lowest BCUT2D eigenvalue weighted by molar-refractivity contribution is 0.0750. The van der Waals surface area contributed by atoms with E-state index >= 15 is 0 Å². The minimum atomic E-state index is 0.418. The predicted octanol–water partition coefficient (Wildman–Crippen LogP) is 3.99. The average molecular weight is 307 g/mol. The van der Waals surface area contributed by atoms with Crippen LogP contribution < -0.4 is 0 Å². The number of piperidine rings is 1. The molecule has 0 aromatic heterocycles. The third-order valence-corrected chi connectivity index (χ3v) is 5.93. The molecule has 1 aliphatic heterocycles. The van der Waals surface area contributed by atoms with E-state index in [0.717, 1.165) is 19.4 Å². The Morgan fingerprint density at radius 2 is 1.96 bits per heavy atom. The third kappa shape index (κ3) is 2.76. The molecule has 1 heterocycles. The lowest BCUT2D eigenvalue weighted by Crippen LogP contribution is -2.51. The van der Waals surface area contributed by atoms with E-state index in [4.69, 9.17) is 0 Å². The van der Waals surface area contributed by atoms with Crippen molar-refractivity contribution in [2.75, 3.05) is 13.1 Å². The van der Waals surface area contributed by atoms with Crippen LogP contribution >= 0.6 is 0 Å². The zero-order valence-corrected chi connectivity index (χ0v) is 13.8. The molecule has 2 aliphatic rings. The first-order chi connectivity index (χ1) is 11.2. The molecule has 0 amide bonds. The predicted molar refractivity (Wildman–Crippen MR) is 93.8 cm³/mol. The van der Waals surface area contributed by atoms with E-state index in [1.54, 1.807) is 0 Å². The summed E-state index contributed by atoms with van der Waals surface area (Å²) in [6.07, 6.45) is 3.47. The monoisotopic (exact) mass is 307 g/mol. The Morgan fingerprint density at radius 3 is 2.78 bits per heavy atom. The number of hydrogen-bond acceptors (Lipinski definition) is 2. The second-order valence-electron chi connectivity index (χ2n) is 7.18. The lowest BCUT2D eigenvalue weighted by Gasteiger charge is -2.48. The van der Waals surface area contributed by atoms with Crippen LogP contribution in [0.25, 0.3) is 0 Å². The van der Waals surface area contributed by atoms with E-state index in [-0.39, 0.29) is 0 Å². The van der Waals surface area contributed by atoms with Crippen LogP contribution in [0.1, 0.15) is 36.0 Å². The second kappa shape index (κ2) is 6.01. The highest BCUT2D eigenvalue weighted by Gasteiger charge is 2.40. The number of phenols is 1. The Bertz CT molecular complexity index is 681. The van der Waals surface area contributed by atoms with Gasteiger partial charge in [0.05, 0.1) is 0 Å². The van der Waals surface area contributed by atoms with Crippen molar-refractivity contribution < 1.29 is 5.11 Å². The van der Waals surface area contributed by atoms with Crippen molar-refractivity contribution in [1.82, 2.24) is 4.90 Å².